The Morgan fingerprint density at radius 1 is 1.32 bits per heavy atom. The number of benzene rings is 1. The van der Waals surface area contributed by atoms with Crippen molar-refractivity contribution >= 4 is 11.9 Å². The minimum absolute atomic E-state index is 0.0707. The molecule has 2 atom stereocenters. The Kier molecular flexibility index (Phi) is 5.77. The highest BCUT2D eigenvalue weighted by Crippen LogP contribution is 2.22. The van der Waals surface area contributed by atoms with Crippen LogP contribution in [0, 0.1) is 0 Å². The maximum Gasteiger partial charge on any atom is 0.307 e. The topological polar surface area (TPSA) is 73.9 Å². The van der Waals surface area contributed by atoms with Gasteiger partial charge in [0.1, 0.15) is 11.9 Å². The number of nitrogens with one attached hydrogen (secondary N) is 1. The van der Waals surface area contributed by atoms with E-state index in [4.69, 9.17) is 14.2 Å². The van der Waals surface area contributed by atoms with E-state index in [1.54, 1.807) is 19.2 Å². The van der Waals surface area contributed by atoms with Crippen molar-refractivity contribution in [1.29, 1.82) is 0 Å². The third-order valence-electron chi connectivity index (χ3n) is 3.66. The summed E-state index contributed by atoms with van der Waals surface area (Å²) in [6.07, 6.45) is 1.22. The summed E-state index contributed by atoms with van der Waals surface area (Å²) in [7, 11) is 2.91. The quantitative estimate of drug-likeness (QED) is 0.808. The Bertz CT molecular complexity index is 508. The molecule has 6 heteroatoms. The normalized spacial score (nSPS) is 18.5. The van der Waals surface area contributed by atoms with Crippen LogP contribution in [0.25, 0.3) is 0 Å². The molecular formula is C16H21NO5. The second kappa shape index (κ2) is 7.79. The fraction of sp³-hybridized carbons (Fsp3) is 0.500. The molecule has 1 aliphatic heterocycles. The predicted molar refractivity (Wildman–Crippen MR) is 79.5 cm³/mol. The monoisotopic (exact) mass is 307 g/mol. The number of esters is 1. The molecule has 0 spiro atoms. The number of carbonyl (C=O) groups is 2. The van der Waals surface area contributed by atoms with E-state index in [9.17, 15) is 9.59 Å². The summed E-state index contributed by atoms with van der Waals surface area (Å²) >= 11 is 0. The molecule has 22 heavy (non-hydrogen) atoms. The third-order valence-corrected chi connectivity index (χ3v) is 3.66. The van der Waals surface area contributed by atoms with Gasteiger partial charge >= 0.3 is 5.97 Å². The predicted octanol–water partition coefficient (Wildman–Crippen LogP) is 1.59. The highest BCUT2D eigenvalue weighted by atomic mass is 16.5. The van der Waals surface area contributed by atoms with Gasteiger partial charge in [-0.1, -0.05) is 12.1 Å². The minimum atomic E-state index is -0.449. The Hall–Kier alpha value is -2.08. The van der Waals surface area contributed by atoms with Crippen LogP contribution in [0.5, 0.6) is 5.75 Å². The fourth-order valence-corrected chi connectivity index (χ4v) is 2.39. The maximum atomic E-state index is 12.2. The number of hydrogen-bond acceptors (Lipinski definition) is 5. The zero-order valence-corrected chi connectivity index (χ0v) is 12.8. The molecule has 1 aliphatic rings. The number of methoxy groups -OCH3 is 2. The molecule has 2 rings (SSSR count). The number of carbonyl (C=O) groups excluding carboxylic acids is 2. The van der Waals surface area contributed by atoms with Gasteiger partial charge in [0.05, 0.1) is 26.7 Å². The van der Waals surface area contributed by atoms with Crippen molar-refractivity contribution in [3.05, 3.63) is 29.8 Å². The third kappa shape index (κ3) is 4.21. The molecule has 1 N–H and O–H groups in total. The Labute approximate surface area is 129 Å². The molecule has 1 aromatic rings. The lowest BCUT2D eigenvalue weighted by molar-refractivity contribution is -0.141. The van der Waals surface area contributed by atoms with Crippen LogP contribution in [0.15, 0.2) is 24.3 Å². The lowest BCUT2D eigenvalue weighted by Gasteiger charge is -2.20. The first-order valence-electron chi connectivity index (χ1n) is 7.26. The van der Waals surface area contributed by atoms with Crippen LogP contribution >= 0.6 is 0 Å². The molecule has 0 aromatic heterocycles. The van der Waals surface area contributed by atoms with Crippen molar-refractivity contribution in [2.75, 3.05) is 20.8 Å². The van der Waals surface area contributed by atoms with Gasteiger partial charge in [0.2, 0.25) is 5.91 Å². The second-order valence-electron chi connectivity index (χ2n) is 5.12. The molecule has 1 amide bonds. The second-order valence-corrected chi connectivity index (χ2v) is 5.12. The van der Waals surface area contributed by atoms with Gasteiger partial charge in [-0.2, -0.15) is 0 Å². The molecule has 120 valence electrons. The number of rotatable bonds is 6. The molecule has 0 saturated carbocycles. The number of amides is 1. The van der Waals surface area contributed by atoms with Crippen LogP contribution in [0.4, 0.5) is 0 Å². The van der Waals surface area contributed by atoms with E-state index in [-0.39, 0.29) is 18.3 Å². The lowest BCUT2D eigenvalue weighted by atomic mass is 10.0. The van der Waals surface area contributed by atoms with Crippen LogP contribution in [0.1, 0.15) is 30.9 Å². The van der Waals surface area contributed by atoms with Gasteiger partial charge < -0.3 is 19.5 Å². The van der Waals surface area contributed by atoms with E-state index < -0.39 is 12.1 Å². The summed E-state index contributed by atoms with van der Waals surface area (Å²) in [6.45, 7) is 0.599. The van der Waals surface area contributed by atoms with E-state index in [1.807, 2.05) is 12.1 Å². The van der Waals surface area contributed by atoms with Gasteiger partial charge in [-0.15, -0.1) is 0 Å². The van der Waals surface area contributed by atoms with Crippen LogP contribution in [-0.2, 0) is 19.1 Å². The Morgan fingerprint density at radius 3 is 2.59 bits per heavy atom. The standard InChI is InChI=1S/C16H21NO5/c1-20-12-7-5-11(6-8-12)13(10-15(18)21-2)17-16(19)14-4-3-9-22-14/h5-8,13-14H,3-4,9-10H2,1-2H3,(H,17,19)/t13-,14-/m0/s1. The van der Waals surface area contributed by atoms with Crippen LogP contribution in [0.2, 0.25) is 0 Å². The summed E-state index contributed by atoms with van der Waals surface area (Å²) in [5, 5.41) is 2.87. The molecule has 6 nitrogen and oxygen atoms in total. The van der Waals surface area contributed by atoms with Crippen molar-refractivity contribution in [3.63, 3.8) is 0 Å². The summed E-state index contributed by atoms with van der Waals surface area (Å²) in [6, 6.07) is 6.77. The molecule has 1 saturated heterocycles. The summed E-state index contributed by atoms with van der Waals surface area (Å²) in [5.41, 5.74) is 0.817. The van der Waals surface area contributed by atoms with Gasteiger partial charge in [-0.05, 0) is 30.5 Å². The van der Waals surface area contributed by atoms with Gasteiger partial charge in [-0.25, -0.2) is 0 Å². The summed E-state index contributed by atoms with van der Waals surface area (Å²) in [5.74, 6) is 0.140. The highest BCUT2D eigenvalue weighted by Gasteiger charge is 2.27. The van der Waals surface area contributed by atoms with Gasteiger partial charge in [0, 0.05) is 6.61 Å². The highest BCUT2D eigenvalue weighted by molar-refractivity contribution is 5.82. The average molecular weight is 307 g/mol. The smallest absolute Gasteiger partial charge is 0.307 e. The van der Waals surface area contributed by atoms with Crippen LogP contribution in [-0.4, -0.2) is 38.8 Å². The van der Waals surface area contributed by atoms with Crippen molar-refractivity contribution in [2.24, 2.45) is 0 Å². The fourth-order valence-electron chi connectivity index (χ4n) is 2.39. The maximum absolute atomic E-state index is 12.2. The molecule has 0 aliphatic carbocycles. The first kappa shape index (κ1) is 16.3. The zero-order valence-electron chi connectivity index (χ0n) is 12.8. The molecule has 1 aromatic carbocycles. The van der Waals surface area contributed by atoms with Crippen molar-refractivity contribution in [2.45, 2.75) is 31.4 Å². The zero-order chi connectivity index (χ0) is 15.9. The van der Waals surface area contributed by atoms with Crippen molar-refractivity contribution in [3.8, 4) is 5.75 Å². The molecule has 1 fully saturated rings. The van der Waals surface area contributed by atoms with Crippen molar-refractivity contribution in [1.82, 2.24) is 5.32 Å². The molecule has 0 unspecified atom stereocenters. The number of ether oxygens (including phenoxy) is 3. The molecule has 1 heterocycles. The first-order valence-corrected chi connectivity index (χ1v) is 7.26. The number of hydrogen-bond donors (Lipinski definition) is 1. The lowest BCUT2D eigenvalue weighted by Crippen LogP contribution is -2.37. The minimum Gasteiger partial charge on any atom is -0.497 e. The first-order chi connectivity index (χ1) is 10.6. The van der Waals surface area contributed by atoms with E-state index in [2.05, 4.69) is 5.32 Å². The van der Waals surface area contributed by atoms with Crippen molar-refractivity contribution < 1.29 is 23.8 Å². The van der Waals surface area contributed by atoms with Gasteiger partial charge in [0.15, 0.2) is 0 Å². The Morgan fingerprint density at radius 2 is 2.05 bits per heavy atom. The Balaban J connectivity index is 2.10. The van der Waals surface area contributed by atoms with Gasteiger partial charge in [0.25, 0.3) is 0 Å². The van der Waals surface area contributed by atoms with E-state index >= 15 is 0 Å². The summed E-state index contributed by atoms with van der Waals surface area (Å²) < 4.78 is 15.2. The average Bonchev–Trinajstić information content (AvgIpc) is 3.08. The SMILES string of the molecule is COC(=O)C[C@H](NC(=O)[C@@H]1CCCO1)c1ccc(OC)cc1. The van der Waals surface area contributed by atoms with E-state index in [1.165, 1.54) is 7.11 Å². The summed E-state index contributed by atoms with van der Waals surface area (Å²) in [4.78, 5) is 23.8. The molecule has 0 bridgehead atoms. The molecule has 0 radical (unpaired) electrons. The molecular weight excluding hydrogens is 286 g/mol. The van der Waals surface area contributed by atoms with Crippen LogP contribution < -0.4 is 10.1 Å². The largest absolute Gasteiger partial charge is 0.497 e. The van der Waals surface area contributed by atoms with E-state index in [0.29, 0.717) is 18.8 Å². The van der Waals surface area contributed by atoms with Crippen LogP contribution in [0.3, 0.4) is 0 Å². The van der Waals surface area contributed by atoms with E-state index in [0.717, 1.165) is 12.0 Å². The van der Waals surface area contributed by atoms with Gasteiger partial charge in [-0.3, -0.25) is 9.59 Å².